The lowest BCUT2D eigenvalue weighted by Crippen LogP contribution is -2.34. The largest absolute Gasteiger partial charge is 0.469 e. The summed E-state index contributed by atoms with van der Waals surface area (Å²) in [5.74, 6) is -1.12. The molecule has 1 amide bonds. The molecule has 0 aliphatic rings. The second kappa shape index (κ2) is 6.73. The smallest absolute Gasteiger partial charge is 0.310 e. The summed E-state index contributed by atoms with van der Waals surface area (Å²) in [5, 5.41) is 0.252. The van der Waals surface area contributed by atoms with Gasteiger partial charge in [0.2, 0.25) is 0 Å². The molecule has 7 heteroatoms. The van der Waals surface area contributed by atoms with Crippen LogP contribution in [-0.4, -0.2) is 42.5 Å². The monoisotopic (exact) mass is 304 g/mol. The summed E-state index contributed by atoms with van der Waals surface area (Å²) < 4.78 is 4.61. The molecule has 0 aliphatic heterocycles. The number of halogens is 2. The highest BCUT2D eigenvalue weighted by Crippen LogP contribution is 2.18. The third kappa shape index (κ3) is 4.08. The van der Waals surface area contributed by atoms with Crippen LogP contribution >= 0.6 is 23.2 Å². The molecule has 0 fully saturated rings. The van der Waals surface area contributed by atoms with Crippen molar-refractivity contribution in [3.8, 4) is 0 Å². The Balaban J connectivity index is 2.79. The fourth-order valence-corrected chi connectivity index (χ4v) is 1.97. The topological polar surface area (TPSA) is 59.5 Å². The van der Waals surface area contributed by atoms with E-state index in [1.54, 1.807) is 14.0 Å². The minimum Gasteiger partial charge on any atom is -0.469 e. The Morgan fingerprint density at radius 3 is 2.58 bits per heavy atom. The lowest BCUT2D eigenvalue weighted by molar-refractivity contribution is -0.145. The van der Waals surface area contributed by atoms with E-state index in [1.165, 1.54) is 24.1 Å². The zero-order valence-electron chi connectivity index (χ0n) is 10.8. The molecule has 1 rings (SSSR count). The van der Waals surface area contributed by atoms with Gasteiger partial charge in [0.1, 0.15) is 10.3 Å². The summed E-state index contributed by atoms with van der Waals surface area (Å²) in [6, 6.07) is 2.98. The van der Waals surface area contributed by atoms with Gasteiger partial charge in [-0.1, -0.05) is 30.1 Å². The number of ether oxygens (including phenoxy) is 1. The van der Waals surface area contributed by atoms with Gasteiger partial charge >= 0.3 is 5.97 Å². The van der Waals surface area contributed by atoms with E-state index in [-0.39, 0.29) is 34.3 Å². The van der Waals surface area contributed by atoms with Crippen molar-refractivity contribution in [2.45, 2.75) is 6.92 Å². The molecule has 1 unspecified atom stereocenters. The molecule has 0 N–H and O–H groups in total. The first-order valence-electron chi connectivity index (χ1n) is 5.52. The molecular formula is C12H14Cl2N2O3. The highest BCUT2D eigenvalue weighted by atomic mass is 35.5. The van der Waals surface area contributed by atoms with E-state index in [9.17, 15) is 9.59 Å². The van der Waals surface area contributed by atoms with Gasteiger partial charge in [0.05, 0.1) is 18.6 Å². The van der Waals surface area contributed by atoms with Gasteiger partial charge in [0.15, 0.2) is 0 Å². The summed E-state index contributed by atoms with van der Waals surface area (Å²) in [6.45, 7) is 1.90. The molecule has 1 heterocycles. The number of methoxy groups -OCH3 is 1. The maximum absolute atomic E-state index is 12.1. The summed E-state index contributed by atoms with van der Waals surface area (Å²) >= 11 is 11.5. The number of rotatable bonds is 4. The van der Waals surface area contributed by atoms with E-state index in [2.05, 4.69) is 9.72 Å². The van der Waals surface area contributed by atoms with Gasteiger partial charge in [-0.25, -0.2) is 4.98 Å². The predicted octanol–water partition coefficient (Wildman–Crippen LogP) is 2.27. The van der Waals surface area contributed by atoms with Crippen LogP contribution in [0.4, 0.5) is 0 Å². The van der Waals surface area contributed by atoms with Gasteiger partial charge in [-0.05, 0) is 12.1 Å². The molecule has 5 nitrogen and oxygen atoms in total. The molecule has 104 valence electrons. The van der Waals surface area contributed by atoms with Crippen LogP contribution < -0.4 is 0 Å². The van der Waals surface area contributed by atoms with Crippen LogP contribution in [0.1, 0.15) is 17.3 Å². The average molecular weight is 305 g/mol. The summed E-state index contributed by atoms with van der Waals surface area (Å²) in [7, 11) is 2.88. The summed E-state index contributed by atoms with van der Waals surface area (Å²) in [6.07, 6.45) is 0. The van der Waals surface area contributed by atoms with Gasteiger partial charge < -0.3 is 9.64 Å². The molecule has 0 saturated heterocycles. The minimum atomic E-state index is -0.419. The quantitative estimate of drug-likeness (QED) is 0.632. The molecule has 1 atom stereocenters. The third-order valence-corrected chi connectivity index (χ3v) is 3.04. The average Bonchev–Trinajstić information content (AvgIpc) is 2.36. The number of carbonyl (C=O) groups is 2. The van der Waals surface area contributed by atoms with Crippen molar-refractivity contribution in [1.82, 2.24) is 9.88 Å². The first kappa shape index (κ1) is 15.7. The first-order chi connectivity index (χ1) is 8.86. The standard InChI is InChI=1S/C12H14Cl2N2O3/c1-7(12(18)19-3)6-16(2)11(17)8-4-5-9(13)15-10(8)14/h4-5,7H,6H2,1-3H3. The lowest BCUT2D eigenvalue weighted by atomic mass is 10.1. The Kier molecular flexibility index (Phi) is 5.57. The van der Waals surface area contributed by atoms with E-state index in [0.29, 0.717) is 0 Å². The van der Waals surface area contributed by atoms with E-state index in [0.717, 1.165) is 0 Å². The number of hydrogen-bond donors (Lipinski definition) is 0. The van der Waals surface area contributed by atoms with Crippen molar-refractivity contribution in [2.24, 2.45) is 5.92 Å². The molecule has 19 heavy (non-hydrogen) atoms. The fraction of sp³-hybridized carbons (Fsp3) is 0.417. The second-order valence-electron chi connectivity index (χ2n) is 4.08. The highest BCUT2D eigenvalue weighted by molar-refractivity contribution is 6.34. The first-order valence-corrected chi connectivity index (χ1v) is 6.27. The molecule has 0 radical (unpaired) electrons. The molecule has 1 aromatic heterocycles. The number of hydrogen-bond acceptors (Lipinski definition) is 4. The number of pyridine rings is 1. The Bertz CT molecular complexity index is 494. The molecule has 0 aromatic carbocycles. The van der Waals surface area contributed by atoms with Gasteiger partial charge in [-0.2, -0.15) is 0 Å². The van der Waals surface area contributed by atoms with Gasteiger partial charge in [-0.15, -0.1) is 0 Å². The molecule has 0 spiro atoms. The maximum atomic E-state index is 12.1. The molecule has 1 aromatic rings. The van der Waals surface area contributed by atoms with Crippen molar-refractivity contribution in [1.29, 1.82) is 0 Å². The number of aromatic nitrogens is 1. The lowest BCUT2D eigenvalue weighted by Gasteiger charge is -2.20. The SMILES string of the molecule is COC(=O)C(C)CN(C)C(=O)c1ccc(Cl)nc1Cl. The van der Waals surface area contributed by atoms with Crippen LogP contribution in [0.15, 0.2) is 12.1 Å². The number of amides is 1. The number of nitrogens with zero attached hydrogens (tertiary/aromatic N) is 2. The Morgan fingerprint density at radius 2 is 2.05 bits per heavy atom. The van der Waals surface area contributed by atoms with Gasteiger partial charge in [-0.3, -0.25) is 9.59 Å². The molecule has 0 aliphatic carbocycles. The minimum absolute atomic E-state index is 0.0371. The maximum Gasteiger partial charge on any atom is 0.310 e. The van der Waals surface area contributed by atoms with Crippen LogP contribution in [0.2, 0.25) is 10.3 Å². The number of carbonyl (C=O) groups excluding carboxylic acids is 2. The highest BCUT2D eigenvalue weighted by Gasteiger charge is 2.21. The van der Waals surface area contributed by atoms with E-state index < -0.39 is 5.92 Å². The van der Waals surface area contributed by atoms with Crippen LogP contribution in [0.5, 0.6) is 0 Å². The van der Waals surface area contributed by atoms with E-state index in [1.807, 2.05) is 0 Å². The predicted molar refractivity (Wildman–Crippen MR) is 72.4 cm³/mol. The molecule has 0 bridgehead atoms. The summed E-state index contributed by atoms with van der Waals surface area (Å²) in [5.41, 5.74) is 0.241. The van der Waals surface area contributed by atoms with Crippen molar-refractivity contribution in [3.63, 3.8) is 0 Å². The van der Waals surface area contributed by atoms with Crippen LogP contribution in [0.3, 0.4) is 0 Å². The Labute approximate surface area is 121 Å². The van der Waals surface area contributed by atoms with Crippen LogP contribution in [0.25, 0.3) is 0 Å². The van der Waals surface area contributed by atoms with Crippen molar-refractivity contribution in [3.05, 3.63) is 28.0 Å². The summed E-state index contributed by atoms with van der Waals surface area (Å²) in [4.78, 5) is 28.6. The Hall–Kier alpha value is -1.33. The van der Waals surface area contributed by atoms with Crippen LogP contribution in [0, 0.1) is 5.92 Å². The van der Waals surface area contributed by atoms with Crippen molar-refractivity contribution < 1.29 is 14.3 Å². The molecule has 0 saturated carbocycles. The number of esters is 1. The fourth-order valence-electron chi connectivity index (χ4n) is 1.55. The second-order valence-corrected chi connectivity index (χ2v) is 4.83. The van der Waals surface area contributed by atoms with Gasteiger partial charge in [0, 0.05) is 13.6 Å². The normalized spacial score (nSPS) is 11.8. The Morgan fingerprint density at radius 1 is 1.42 bits per heavy atom. The van der Waals surface area contributed by atoms with Crippen molar-refractivity contribution >= 4 is 35.1 Å². The van der Waals surface area contributed by atoms with Gasteiger partial charge in [0.25, 0.3) is 5.91 Å². The zero-order valence-corrected chi connectivity index (χ0v) is 12.3. The molecular weight excluding hydrogens is 291 g/mol. The van der Waals surface area contributed by atoms with Crippen molar-refractivity contribution in [2.75, 3.05) is 20.7 Å². The van der Waals surface area contributed by atoms with E-state index in [4.69, 9.17) is 23.2 Å². The van der Waals surface area contributed by atoms with E-state index >= 15 is 0 Å². The third-order valence-electron chi connectivity index (χ3n) is 2.54. The zero-order chi connectivity index (χ0) is 14.6. The van der Waals surface area contributed by atoms with Crippen LogP contribution in [-0.2, 0) is 9.53 Å².